The first kappa shape index (κ1) is 5.77. The first-order valence-corrected chi connectivity index (χ1v) is 4.13. The van der Waals surface area contributed by atoms with E-state index in [4.69, 9.17) is 4.74 Å². The van der Waals surface area contributed by atoms with Crippen LogP contribution in [0.1, 0.15) is 29.5 Å². The van der Waals surface area contributed by atoms with Gasteiger partial charge >= 0.3 is 0 Å². The predicted octanol–water partition coefficient (Wildman–Crippen LogP) is 0.970. The fraction of sp³-hybridized carbons (Fsp3) is 0.625. The summed E-state index contributed by atoms with van der Waals surface area (Å²) in [7, 11) is 0. The van der Waals surface area contributed by atoms with E-state index in [1.54, 1.807) is 0 Å². The summed E-state index contributed by atoms with van der Waals surface area (Å²) in [6.45, 7) is 0.872. The summed E-state index contributed by atoms with van der Waals surface area (Å²) < 4.78 is 5.20. The highest BCUT2D eigenvalue weighted by molar-refractivity contribution is 5.32. The number of ether oxygens (including phenoxy) is 1. The van der Waals surface area contributed by atoms with Crippen molar-refractivity contribution < 1.29 is 4.74 Å². The Morgan fingerprint density at radius 2 is 2.36 bits per heavy atom. The Morgan fingerprint density at radius 3 is 3.18 bits per heavy atom. The minimum Gasteiger partial charge on any atom is -0.366 e. The molecule has 1 aliphatic heterocycles. The van der Waals surface area contributed by atoms with Crippen molar-refractivity contribution in [2.24, 2.45) is 0 Å². The maximum atomic E-state index is 5.20. The summed E-state index contributed by atoms with van der Waals surface area (Å²) in [6, 6.07) is 0. The van der Waals surface area contributed by atoms with Crippen LogP contribution in [0.5, 0.6) is 0 Å². The Morgan fingerprint density at radius 1 is 1.45 bits per heavy atom. The van der Waals surface area contributed by atoms with Gasteiger partial charge in [-0.1, -0.05) is 0 Å². The van der Waals surface area contributed by atoms with Crippen molar-refractivity contribution in [3.63, 3.8) is 0 Å². The second-order valence-electron chi connectivity index (χ2n) is 3.24. The van der Waals surface area contributed by atoms with Gasteiger partial charge in [-0.15, -0.1) is 0 Å². The summed E-state index contributed by atoms with van der Waals surface area (Å²) in [4.78, 5) is 0. The molecule has 0 amide bonds. The highest BCUT2D eigenvalue weighted by Gasteiger charge is 2.32. The van der Waals surface area contributed by atoms with E-state index in [1.807, 2.05) is 0 Å². The second kappa shape index (κ2) is 1.85. The number of rotatable bonds is 1. The van der Waals surface area contributed by atoms with E-state index in [9.17, 15) is 0 Å². The number of epoxide rings is 1. The molecule has 0 saturated carbocycles. The summed E-state index contributed by atoms with van der Waals surface area (Å²) in [5.41, 5.74) is 3.96. The van der Waals surface area contributed by atoms with Gasteiger partial charge in [0.25, 0.3) is 0 Å². The molecular formula is C8H10N2O. The zero-order valence-electron chi connectivity index (χ0n) is 6.26. The van der Waals surface area contributed by atoms with Crippen LogP contribution < -0.4 is 0 Å². The first-order valence-electron chi connectivity index (χ1n) is 4.13. The number of aromatic amines is 1. The largest absolute Gasteiger partial charge is 0.366 e. The quantitative estimate of drug-likeness (QED) is 0.606. The summed E-state index contributed by atoms with van der Waals surface area (Å²) >= 11 is 0. The van der Waals surface area contributed by atoms with E-state index in [1.165, 1.54) is 36.2 Å². The van der Waals surface area contributed by atoms with Crippen LogP contribution >= 0.6 is 0 Å². The van der Waals surface area contributed by atoms with E-state index in [2.05, 4.69) is 10.2 Å². The highest BCUT2D eigenvalue weighted by Crippen LogP contribution is 2.34. The van der Waals surface area contributed by atoms with Crippen LogP contribution in [0.4, 0.5) is 0 Å². The lowest BCUT2D eigenvalue weighted by Gasteiger charge is -1.90. The Kier molecular flexibility index (Phi) is 0.973. The highest BCUT2D eigenvalue weighted by atomic mass is 16.6. The van der Waals surface area contributed by atoms with Crippen molar-refractivity contribution in [1.29, 1.82) is 0 Å². The number of aromatic nitrogens is 2. The van der Waals surface area contributed by atoms with Gasteiger partial charge < -0.3 is 4.74 Å². The van der Waals surface area contributed by atoms with Gasteiger partial charge in [0.05, 0.1) is 12.3 Å². The van der Waals surface area contributed by atoms with Crippen LogP contribution in [0.2, 0.25) is 0 Å². The molecule has 11 heavy (non-hydrogen) atoms. The summed E-state index contributed by atoms with van der Waals surface area (Å²) in [5, 5.41) is 7.33. The number of H-pyrrole nitrogens is 1. The number of hydrogen-bond acceptors (Lipinski definition) is 2. The van der Waals surface area contributed by atoms with Gasteiger partial charge in [0.1, 0.15) is 6.10 Å². The smallest absolute Gasteiger partial charge is 0.125 e. The molecule has 0 aromatic carbocycles. The zero-order chi connectivity index (χ0) is 7.26. The number of hydrogen-bond donors (Lipinski definition) is 1. The molecule has 1 aromatic rings. The van der Waals surface area contributed by atoms with Crippen LogP contribution in [0.15, 0.2) is 0 Å². The van der Waals surface area contributed by atoms with E-state index in [0.29, 0.717) is 6.10 Å². The van der Waals surface area contributed by atoms with Crippen LogP contribution in [0, 0.1) is 0 Å². The standard InChI is InChI=1S/C8H10N2O/c1-2-5-6(3-1)9-10-8(5)7-4-11-7/h7H,1-4H2,(H,9,10)/t7-/m0/s1. The Hall–Kier alpha value is -0.830. The fourth-order valence-electron chi connectivity index (χ4n) is 1.82. The van der Waals surface area contributed by atoms with Crippen molar-refractivity contribution in [2.45, 2.75) is 25.4 Å². The summed E-state index contributed by atoms with van der Waals surface area (Å²) in [6.07, 6.45) is 3.98. The lowest BCUT2D eigenvalue weighted by atomic mass is 10.1. The Bertz CT molecular complexity index is 288. The van der Waals surface area contributed by atoms with Gasteiger partial charge in [0, 0.05) is 5.69 Å². The van der Waals surface area contributed by atoms with Crippen LogP contribution in [-0.4, -0.2) is 16.8 Å². The molecule has 3 nitrogen and oxygen atoms in total. The topological polar surface area (TPSA) is 41.2 Å². The third kappa shape index (κ3) is 0.744. The maximum absolute atomic E-state index is 5.20. The normalized spacial score (nSPS) is 27.1. The van der Waals surface area contributed by atoms with Gasteiger partial charge in [-0.25, -0.2) is 0 Å². The molecule has 1 atom stereocenters. The van der Waals surface area contributed by atoms with E-state index in [-0.39, 0.29) is 0 Å². The molecule has 1 N–H and O–H groups in total. The molecule has 0 spiro atoms. The van der Waals surface area contributed by atoms with Gasteiger partial charge in [0.2, 0.25) is 0 Å². The minimum atomic E-state index is 0.327. The van der Waals surface area contributed by atoms with Gasteiger partial charge in [-0.2, -0.15) is 5.10 Å². The molecular weight excluding hydrogens is 140 g/mol. The third-order valence-electron chi connectivity index (χ3n) is 2.48. The molecule has 0 unspecified atom stereocenters. The van der Waals surface area contributed by atoms with Crippen molar-refractivity contribution >= 4 is 0 Å². The average Bonchev–Trinajstić information content (AvgIpc) is 2.63. The first-order chi connectivity index (χ1) is 5.45. The van der Waals surface area contributed by atoms with Crippen molar-refractivity contribution in [3.8, 4) is 0 Å². The van der Waals surface area contributed by atoms with E-state index >= 15 is 0 Å². The number of aryl methyl sites for hydroxylation is 1. The Labute approximate surface area is 64.8 Å². The lowest BCUT2D eigenvalue weighted by Crippen LogP contribution is -1.86. The molecule has 0 bridgehead atoms. The fourth-order valence-corrected chi connectivity index (χ4v) is 1.82. The SMILES string of the molecule is C1Cc2[nH]nc([C@@H]3CO3)c2C1. The van der Waals surface area contributed by atoms with Crippen LogP contribution in [0.3, 0.4) is 0 Å². The molecule has 1 fully saturated rings. The number of nitrogens with one attached hydrogen (secondary N) is 1. The van der Waals surface area contributed by atoms with Crippen LogP contribution in [0.25, 0.3) is 0 Å². The van der Waals surface area contributed by atoms with Gasteiger partial charge in [-0.3, -0.25) is 5.10 Å². The molecule has 2 aliphatic rings. The molecule has 1 aliphatic carbocycles. The molecule has 3 rings (SSSR count). The maximum Gasteiger partial charge on any atom is 0.125 e. The molecule has 2 heterocycles. The predicted molar refractivity (Wildman–Crippen MR) is 39.3 cm³/mol. The molecule has 1 aromatic heterocycles. The van der Waals surface area contributed by atoms with E-state index in [0.717, 1.165) is 6.61 Å². The average molecular weight is 150 g/mol. The monoisotopic (exact) mass is 150 g/mol. The number of nitrogens with zero attached hydrogens (tertiary/aromatic N) is 1. The van der Waals surface area contributed by atoms with Gasteiger partial charge in [-0.05, 0) is 24.8 Å². The molecule has 1 saturated heterocycles. The van der Waals surface area contributed by atoms with Crippen molar-refractivity contribution in [2.75, 3.05) is 6.61 Å². The molecule has 0 radical (unpaired) electrons. The second-order valence-corrected chi connectivity index (χ2v) is 3.24. The van der Waals surface area contributed by atoms with E-state index < -0.39 is 0 Å². The third-order valence-corrected chi connectivity index (χ3v) is 2.48. The minimum absolute atomic E-state index is 0.327. The molecule has 3 heteroatoms. The van der Waals surface area contributed by atoms with Crippen molar-refractivity contribution in [3.05, 3.63) is 17.0 Å². The Balaban J connectivity index is 2.09. The van der Waals surface area contributed by atoms with Crippen molar-refractivity contribution in [1.82, 2.24) is 10.2 Å². The van der Waals surface area contributed by atoms with Crippen LogP contribution in [-0.2, 0) is 17.6 Å². The van der Waals surface area contributed by atoms with Gasteiger partial charge in [0.15, 0.2) is 0 Å². The summed E-state index contributed by atoms with van der Waals surface area (Å²) in [5.74, 6) is 0. The number of fused-ring (bicyclic) bond motifs is 1. The lowest BCUT2D eigenvalue weighted by molar-refractivity contribution is 0.410. The zero-order valence-corrected chi connectivity index (χ0v) is 6.26. The molecule has 58 valence electrons.